The minimum atomic E-state index is -0.252. The smallest absolute Gasteiger partial charge is 0.277 e. The van der Waals surface area contributed by atoms with Gasteiger partial charge in [-0.05, 0) is 31.9 Å². The van der Waals surface area contributed by atoms with Gasteiger partial charge in [-0.1, -0.05) is 17.3 Å². The monoisotopic (exact) mass is 325 g/mol. The number of hydrogen-bond acceptors (Lipinski definition) is 5. The molecule has 2 aromatic heterocycles. The summed E-state index contributed by atoms with van der Waals surface area (Å²) in [5, 5.41) is 9.74. The fourth-order valence-corrected chi connectivity index (χ4v) is 2.99. The molecule has 5 nitrogen and oxygen atoms in total. The minimum absolute atomic E-state index is 0.252. The van der Waals surface area contributed by atoms with E-state index in [4.69, 9.17) is 4.52 Å². The fourth-order valence-electron chi connectivity index (χ4n) is 2.37. The van der Waals surface area contributed by atoms with Crippen LogP contribution in [-0.4, -0.2) is 16.0 Å². The average Bonchev–Trinajstić information content (AvgIpc) is 3.12. The molecule has 3 aromatic rings. The van der Waals surface area contributed by atoms with Gasteiger partial charge in [0.15, 0.2) is 5.69 Å². The lowest BCUT2D eigenvalue weighted by atomic mass is 10.1. The van der Waals surface area contributed by atoms with Crippen molar-refractivity contribution in [3.05, 3.63) is 52.2 Å². The van der Waals surface area contributed by atoms with Gasteiger partial charge in [-0.3, -0.25) is 4.79 Å². The SMILES string of the molecule is Cc1nc(-c2ccc(NC(=O)c3cc(C4CC4)on3)cc2)cs1. The second-order valence-corrected chi connectivity index (χ2v) is 6.73. The summed E-state index contributed by atoms with van der Waals surface area (Å²) < 4.78 is 5.21. The standard InChI is InChI=1S/C17H15N3O2S/c1-10-18-15(9-23-10)11-4-6-13(7-5-11)19-17(21)14-8-16(22-20-14)12-2-3-12/h4-9,12H,2-3H2,1H3,(H,19,21). The number of nitrogens with one attached hydrogen (secondary N) is 1. The Morgan fingerprint density at radius 3 is 2.74 bits per heavy atom. The number of amides is 1. The van der Waals surface area contributed by atoms with E-state index < -0.39 is 0 Å². The molecule has 1 fully saturated rings. The van der Waals surface area contributed by atoms with Crippen LogP contribution in [0.1, 0.15) is 40.0 Å². The van der Waals surface area contributed by atoms with Crippen LogP contribution >= 0.6 is 11.3 Å². The van der Waals surface area contributed by atoms with Gasteiger partial charge in [0.05, 0.1) is 10.7 Å². The zero-order chi connectivity index (χ0) is 15.8. The Morgan fingerprint density at radius 1 is 1.30 bits per heavy atom. The van der Waals surface area contributed by atoms with Crippen LogP contribution in [0.5, 0.6) is 0 Å². The third-order valence-corrected chi connectivity index (χ3v) is 4.57. The van der Waals surface area contributed by atoms with Crippen molar-refractivity contribution >= 4 is 22.9 Å². The van der Waals surface area contributed by atoms with Crippen LogP contribution in [0.4, 0.5) is 5.69 Å². The van der Waals surface area contributed by atoms with Crippen LogP contribution in [0.15, 0.2) is 40.2 Å². The number of aryl methyl sites for hydroxylation is 1. The van der Waals surface area contributed by atoms with E-state index in [1.54, 1.807) is 17.4 Å². The molecule has 4 rings (SSSR count). The van der Waals surface area contributed by atoms with Crippen LogP contribution in [-0.2, 0) is 0 Å². The van der Waals surface area contributed by atoms with Gasteiger partial charge < -0.3 is 9.84 Å². The second-order valence-electron chi connectivity index (χ2n) is 5.67. The highest BCUT2D eigenvalue weighted by molar-refractivity contribution is 7.09. The normalized spacial score (nSPS) is 14.0. The first kappa shape index (κ1) is 14.1. The molecule has 1 saturated carbocycles. The maximum Gasteiger partial charge on any atom is 0.277 e. The fraction of sp³-hybridized carbons (Fsp3) is 0.235. The van der Waals surface area contributed by atoms with Crippen molar-refractivity contribution in [1.29, 1.82) is 0 Å². The zero-order valence-electron chi connectivity index (χ0n) is 12.6. The summed E-state index contributed by atoms with van der Waals surface area (Å²) in [5.41, 5.74) is 3.04. The predicted molar refractivity (Wildman–Crippen MR) is 88.7 cm³/mol. The second kappa shape index (κ2) is 5.62. The van der Waals surface area contributed by atoms with Gasteiger partial charge in [-0.2, -0.15) is 0 Å². The Labute approximate surface area is 137 Å². The van der Waals surface area contributed by atoms with Gasteiger partial charge >= 0.3 is 0 Å². The highest BCUT2D eigenvalue weighted by Crippen LogP contribution is 2.40. The minimum Gasteiger partial charge on any atom is -0.360 e. The van der Waals surface area contributed by atoms with E-state index in [0.29, 0.717) is 11.6 Å². The lowest BCUT2D eigenvalue weighted by Gasteiger charge is -2.03. The van der Waals surface area contributed by atoms with Gasteiger partial charge in [0, 0.05) is 28.6 Å². The van der Waals surface area contributed by atoms with Gasteiger partial charge in [0.25, 0.3) is 5.91 Å². The van der Waals surface area contributed by atoms with Crippen molar-refractivity contribution in [1.82, 2.24) is 10.1 Å². The van der Waals surface area contributed by atoms with E-state index in [9.17, 15) is 4.79 Å². The van der Waals surface area contributed by atoms with Crippen molar-refractivity contribution in [3.63, 3.8) is 0 Å². The summed E-state index contributed by atoms with van der Waals surface area (Å²) in [4.78, 5) is 16.6. The molecule has 1 amide bonds. The number of nitrogens with zero attached hydrogens (tertiary/aromatic N) is 2. The van der Waals surface area contributed by atoms with E-state index in [1.165, 1.54) is 0 Å². The van der Waals surface area contributed by atoms with E-state index >= 15 is 0 Å². The number of rotatable bonds is 4. The average molecular weight is 325 g/mol. The molecule has 0 radical (unpaired) electrons. The molecule has 116 valence electrons. The third kappa shape index (κ3) is 3.03. The Kier molecular flexibility index (Phi) is 3.46. The first-order valence-corrected chi connectivity index (χ1v) is 8.37. The van der Waals surface area contributed by atoms with Gasteiger partial charge in [0.2, 0.25) is 0 Å². The number of anilines is 1. The summed E-state index contributed by atoms with van der Waals surface area (Å²) >= 11 is 1.62. The Hall–Kier alpha value is -2.47. The molecule has 0 aliphatic heterocycles. The van der Waals surface area contributed by atoms with Gasteiger partial charge in [0.1, 0.15) is 5.76 Å². The molecule has 6 heteroatoms. The maximum absolute atomic E-state index is 12.2. The molecule has 23 heavy (non-hydrogen) atoms. The van der Waals surface area contributed by atoms with Crippen molar-refractivity contribution < 1.29 is 9.32 Å². The van der Waals surface area contributed by atoms with E-state index in [0.717, 1.165) is 40.6 Å². The highest BCUT2D eigenvalue weighted by Gasteiger charge is 2.28. The number of carbonyl (C=O) groups is 1. The highest BCUT2D eigenvalue weighted by atomic mass is 32.1. The van der Waals surface area contributed by atoms with Crippen molar-refractivity contribution in [2.24, 2.45) is 0 Å². The molecular weight excluding hydrogens is 310 g/mol. The topological polar surface area (TPSA) is 68.0 Å². The van der Waals surface area contributed by atoms with Gasteiger partial charge in [-0.25, -0.2) is 4.98 Å². The predicted octanol–water partition coefficient (Wildman–Crippen LogP) is 4.24. The number of carbonyl (C=O) groups excluding carboxylic acids is 1. The first-order chi connectivity index (χ1) is 11.2. The third-order valence-electron chi connectivity index (χ3n) is 3.80. The van der Waals surface area contributed by atoms with Gasteiger partial charge in [-0.15, -0.1) is 11.3 Å². The zero-order valence-corrected chi connectivity index (χ0v) is 13.4. The molecular formula is C17H15N3O2S. The summed E-state index contributed by atoms with van der Waals surface area (Å²) in [6, 6.07) is 9.36. The summed E-state index contributed by atoms with van der Waals surface area (Å²) in [6.07, 6.45) is 2.24. The van der Waals surface area contributed by atoms with Crippen LogP contribution in [0.25, 0.3) is 11.3 Å². The molecule has 0 unspecified atom stereocenters. The van der Waals surface area contributed by atoms with E-state index in [2.05, 4.69) is 15.5 Å². The Bertz CT molecular complexity index is 847. The summed E-state index contributed by atoms with van der Waals surface area (Å²) in [7, 11) is 0. The van der Waals surface area contributed by atoms with Crippen LogP contribution in [0.3, 0.4) is 0 Å². The van der Waals surface area contributed by atoms with E-state index in [1.807, 2.05) is 36.6 Å². The molecule has 1 aliphatic rings. The summed E-state index contributed by atoms with van der Waals surface area (Å²) in [6.45, 7) is 1.98. The number of thiazole rings is 1. The van der Waals surface area contributed by atoms with Crippen LogP contribution in [0.2, 0.25) is 0 Å². The van der Waals surface area contributed by atoms with Crippen LogP contribution < -0.4 is 5.32 Å². The quantitative estimate of drug-likeness (QED) is 0.779. The van der Waals surface area contributed by atoms with Crippen molar-refractivity contribution in [2.45, 2.75) is 25.7 Å². The molecule has 2 heterocycles. The molecule has 0 atom stereocenters. The number of benzene rings is 1. The van der Waals surface area contributed by atoms with Crippen molar-refractivity contribution in [2.75, 3.05) is 5.32 Å². The molecule has 0 spiro atoms. The molecule has 0 bridgehead atoms. The Balaban J connectivity index is 1.46. The van der Waals surface area contributed by atoms with Crippen LogP contribution in [0, 0.1) is 6.92 Å². The number of hydrogen-bond donors (Lipinski definition) is 1. The molecule has 0 saturated heterocycles. The lowest BCUT2D eigenvalue weighted by molar-refractivity contribution is 0.101. The summed E-state index contributed by atoms with van der Waals surface area (Å²) in [5.74, 6) is 1.01. The number of aromatic nitrogens is 2. The first-order valence-electron chi connectivity index (χ1n) is 7.49. The lowest BCUT2D eigenvalue weighted by Crippen LogP contribution is -2.12. The largest absolute Gasteiger partial charge is 0.360 e. The maximum atomic E-state index is 12.2. The van der Waals surface area contributed by atoms with E-state index in [-0.39, 0.29) is 5.91 Å². The molecule has 1 N–H and O–H groups in total. The Morgan fingerprint density at radius 2 is 2.09 bits per heavy atom. The molecule has 1 aromatic carbocycles. The molecule has 1 aliphatic carbocycles. The van der Waals surface area contributed by atoms with Crippen molar-refractivity contribution in [3.8, 4) is 11.3 Å².